The van der Waals surface area contributed by atoms with Gasteiger partial charge in [0.15, 0.2) is 0 Å². The highest BCUT2D eigenvalue weighted by atomic mass is 16.2. The molecule has 13 nitrogen and oxygen atoms in total. The van der Waals surface area contributed by atoms with Gasteiger partial charge in [-0.1, -0.05) is 0 Å². The van der Waals surface area contributed by atoms with Crippen LogP contribution in [0, 0.1) is 0 Å². The van der Waals surface area contributed by atoms with Crippen LogP contribution in [0.4, 0.5) is 22.1 Å². The zero-order valence-corrected chi connectivity index (χ0v) is 21.5. The summed E-state index contributed by atoms with van der Waals surface area (Å²) in [5.41, 5.74) is 2.73. The van der Waals surface area contributed by atoms with Crippen LogP contribution >= 0.6 is 0 Å². The van der Waals surface area contributed by atoms with Crippen LogP contribution in [-0.2, 0) is 12.6 Å². The van der Waals surface area contributed by atoms with Gasteiger partial charge in [0.25, 0.3) is 5.56 Å². The van der Waals surface area contributed by atoms with Crippen LogP contribution in [0.15, 0.2) is 35.6 Å². The average Bonchev–Trinajstić information content (AvgIpc) is 3.62. The van der Waals surface area contributed by atoms with E-state index in [-0.39, 0.29) is 23.2 Å². The molecule has 5 heterocycles. The molecule has 0 saturated carbocycles. The van der Waals surface area contributed by atoms with Crippen molar-refractivity contribution >= 4 is 34.4 Å². The van der Waals surface area contributed by atoms with E-state index >= 15 is 0 Å². The number of pyridine rings is 1. The third kappa shape index (κ3) is 4.71. The SMILES string of the molecule is CNc1ncc2cc(N3CCC(NC(=O)Nc4cn(C(C)(C)C)nc4-c4cn[nH]c4)C3)c(=O)n(C)c2n1. The number of fused-ring (bicyclic) bond motifs is 1. The number of urea groups is 1. The number of H-pyrrole nitrogens is 1. The Balaban J connectivity index is 1.31. The number of hydrogen-bond donors (Lipinski definition) is 4. The van der Waals surface area contributed by atoms with E-state index in [2.05, 4.69) is 41.2 Å². The van der Waals surface area contributed by atoms with Gasteiger partial charge in [-0.3, -0.25) is 19.1 Å². The molecule has 0 radical (unpaired) electrons. The monoisotopic (exact) mass is 505 g/mol. The Morgan fingerprint density at radius 3 is 2.76 bits per heavy atom. The fraction of sp³-hybridized carbons (Fsp3) is 0.417. The third-order valence-corrected chi connectivity index (χ3v) is 6.44. The summed E-state index contributed by atoms with van der Waals surface area (Å²) in [6.45, 7) is 7.28. The number of nitrogens with one attached hydrogen (secondary N) is 4. The van der Waals surface area contributed by atoms with E-state index in [4.69, 9.17) is 0 Å². The van der Waals surface area contributed by atoms with Gasteiger partial charge in [-0.2, -0.15) is 15.2 Å². The normalized spacial score (nSPS) is 15.8. The highest BCUT2D eigenvalue weighted by Gasteiger charge is 2.28. The summed E-state index contributed by atoms with van der Waals surface area (Å²) in [4.78, 5) is 36.7. The fourth-order valence-corrected chi connectivity index (χ4v) is 4.42. The molecule has 13 heteroatoms. The predicted molar refractivity (Wildman–Crippen MR) is 142 cm³/mol. The Labute approximate surface area is 213 Å². The second-order valence-electron chi connectivity index (χ2n) is 10.1. The van der Waals surface area contributed by atoms with Crippen LogP contribution in [0.5, 0.6) is 0 Å². The largest absolute Gasteiger partial charge is 0.365 e. The number of anilines is 3. The molecule has 1 unspecified atom stereocenters. The van der Waals surface area contributed by atoms with Crippen LogP contribution in [0.1, 0.15) is 27.2 Å². The Hall–Kier alpha value is -4.42. The smallest absolute Gasteiger partial charge is 0.319 e. The van der Waals surface area contributed by atoms with Gasteiger partial charge < -0.3 is 20.9 Å². The molecule has 0 aliphatic carbocycles. The molecule has 0 spiro atoms. The first-order chi connectivity index (χ1) is 17.6. The van der Waals surface area contributed by atoms with E-state index in [1.807, 2.05) is 42.6 Å². The van der Waals surface area contributed by atoms with Crippen molar-refractivity contribution < 1.29 is 4.79 Å². The number of aryl methyl sites for hydroxylation is 1. The highest BCUT2D eigenvalue weighted by Crippen LogP contribution is 2.29. The van der Waals surface area contributed by atoms with Gasteiger partial charge in [0.1, 0.15) is 17.0 Å². The minimum absolute atomic E-state index is 0.127. The van der Waals surface area contributed by atoms with Gasteiger partial charge in [0.05, 0.1) is 17.4 Å². The number of aromatic amines is 1. The first kappa shape index (κ1) is 24.3. The lowest BCUT2D eigenvalue weighted by Crippen LogP contribution is -2.40. The second kappa shape index (κ2) is 9.22. The van der Waals surface area contributed by atoms with Crippen molar-refractivity contribution in [3.63, 3.8) is 0 Å². The number of carbonyl (C=O) groups excluding carboxylic acids is 1. The van der Waals surface area contributed by atoms with Crippen molar-refractivity contribution in [1.29, 1.82) is 0 Å². The van der Waals surface area contributed by atoms with E-state index < -0.39 is 0 Å². The Morgan fingerprint density at radius 2 is 2.05 bits per heavy atom. The Morgan fingerprint density at radius 1 is 1.24 bits per heavy atom. The lowest BCUT2D eigenvalue weighted by molar-refractivity contribution is 0.249. The molecule has 37 heavy (non-hydrogen) atoms. The topological polar surface area (TPSA) is 151 Å². The molecule has 0 bridgehead atoms. The first-order valence-corrected chi connectivity index (χ1v) is 12.1. The summed E-state index contributed by atoms with van der Waals surface area (Å²) in [5, 5.41) is 21.1. The van der Waals surface area contributed by atoms with Crippen LogP contribution in [-0.4, -0.2) is 66.7 Å². The molecular formula is C24H31N11O2. The molecule has 1 atom stereocenters. The van der Waals surface area contributed by atoms with Crippen molar-refractivity contribution in [2.75, 3.05) is 35.7 Å². The van der Waals surface area contributed by atoms with Crippen LogP contribution < -0.4 is 26.4 Å². The lowest BCUT2D eigenvalue weighted by Gasteiger charge is -2.20. The van der Waals surface area contributed by atoms with Gasteiger partial charge >= 0.3 is 6.03 Å². The molecular weight excluding hydrogens is 474 g/mol. The van der Waals surface area contributed by atoms with Crippen LogP contribution in [0.3, 0.4) is 0 Å². The number of carbonyl (C=O) groups is 1. The van der Waals surface area contributed by atoms with Crippen molar-refractivity contribution in [2.45, 2.75) is 38.8 Å². The zero-order chi connectivity index (χ0) is 26.3. The van der Waals surface area contributed by atoms with E-state index in [1.165, 1.54) is 4.57 Å². The number of amides is 2. The van der Waals surface area contributed by atoms with Gasteiger partial charge in [-0.15, -0.1) is 0 Å². The molecule has 5 rings (SSSR count). The van der Waals surface area contributed by atoms with Gasteiger partial charge in [0, 0.05) is 62.8 Å². The predicted octanol–water partition coefficient (Wildman–Crippen LogP) is 2.11. The van der Waals surface area contributed by atoms with Crippen LogP contribution in [0.25, 0.3) is 22.3 Å². The molecule has 1 fully saturated rings. The first-order valence-electron chi connectivity index (χ1n) is 12.1. The summed E-state index contributed by atoms with van der Waals surface area (Å²) in [7, 11) is 3.44. The number of rotatable bonds is 5. The minimum Gasteiger partial charge on any atom is -0.365 e. The van der Waals surface area contributed by atoms with E-state index in [0.717, 1.165) is 10.9 Å². The quantitative estimate of drug-likeness (QED) is 0.322. The van der Waals surface area contributed by atoms with E-state index in [0.29, 0.717) is 48.2 Å². The fourth-order valence-electron chi connectivity index (χ4n) is 4.42. The zero-order valence-electron chi connectivity index (χ0n) is 21.5. The van der Waals surface area contributed by atoms with Crippen molar-refractivity contribution in [2.24, 2.45) is 7.05 Å². The van der Waals surface area contributed by atoms with Gasteiger partial charge in [0.2, 0.25) is 5.95 Å². The Bertz CT molecular complexity index is 1500. The molecule has 194 valence electrons. The maximum absolute atomic E-state index is 13.1. The molecule has 2 amide bonds. The van der Waals surface area contributed by atoms with Crippen LogP contribution in [0.2, 0.25) is 0 Å². The molecule has 1 aliphatic heterocycles. The van der Waals surface area contributed by atoms with Gasteiger partial charge in [-0.05, 0) is 33.3 Å². The number of hydrogen-bond acceptors (Lipinski definition) is 8. The third-order valence-electron chi connectivity index (χ3n) is 6.44. The summed E-state index contributed by atoms with van der Waals surface area (Å²) in [6, 6.07) is 1.36. The van der Waals surface area contributed by atoms with Gasteiger partial charge in [-0.25, -0.2) is 9.78 Å². The molecule has 0 aromatic carbocycles. The van der Waals surface area contributed by atoms with E-state index in [9.17, 15) is 9.59 Å². The standard InChI is InChI=1S/C24H31N11O2/c1-24(2,3)35-13-17(19(32-35)15-10-27-28-11-15)30-23(37)29-16-6-7-34(12-16)18-8-14-9-26-22(25-4)31-20(14)33(5)21(18)36/h8-11,13,16H,6-7,12H2,1-5H3,(H,27,28)(H,25,26,31)(H2,29,30,37). The lowest BCUT2D eigenvalue weighted by atomic mass is 10.1. The summed E-state index contributed by atoms with van der Waals surface area (Å²) in [6.07, 6.45) is 7.64. The van der Waals surface area contributed by atoms with Crippen molar-refractivity contribution in [3.8, 4) is 11.3 Å². The maximum atomic E-state index is 13.1. The molecule has 4 N–H and O–H groups in total. The maximum Gasteiger partial charge on any atom is 0.319 e. The average molecular weight is 506 g/mol. The number of nitrogens with zero attached hydrogens (tertiary/aromatic N) is 7. The molecule has 4 aromatic heterocycles. The molecule has 4 aromatic rings. The summed E-state index contributed by atoms with van der Waals surface area (Å²) >= 11 is 0. The second-order valence-corrected chi connectivity index (χ2v) is 10.1. The van der Waals surface area contributed by atoms with Crippen molar-refractivity contribution in [1.82, 2.24) is 39.8 Å². The summed E-state index contributed by atoms with van der Waals surface area (Å²) in [5.74, 6) is 0.454. The van der Waals surface area contributed by atoms with Crippen molar-refractivity contribution in [3.05, 3.63) is 41.2 Å². The highest BCUT2D eigenvalue weighted by molar-refractivity contribution is 5.93. The molecule has 1 aliphatic rings. The summed E-state index contributed by atoms with van der Waals surface area (Å²) < 4.78 is 3.35. The Kier molecular flexibility index (Phi) is 6.05. The molecule has 1 saturated heterocycles. The van der Waals surface area contributed by atoms with E-state index in [1.54, 1.807) is 32.7 Å². The number of aromatic nitrogens is 7. The minimum atomic E-state index is -0.329.